The fourth-order valence-electron chi connectivity index (χ4n) is 2.38. The molecule has 1 saturated heterocycles. The molecule has 8 heteroatoms. The minimum Gasteiger partial charge on any atom is -0.382 e. The van der Waals surface area contributed by atoms with E-state index in [1.807, 2.05) is 0 Å². The molecule has 1 amide bonds. The molecule has 1 aliphatic rings. The van der Waals surface area contributed by atoms with Crippen LogP contribution < -0.4 is 0 Å². The maximum Gasteiger partial charge on any atom is 0.389 e. The van der Waals surface area contributed by atoms with Crippen LogP contribution in [-0.2, 0) is 4.79 Å². The second-order valence-electron chi connectivity index (χ2n) is 5.33. The molecule has 1 atom stereocenters. The summed E-state index contributed by atoms with van der Waals surface area (Å²) >= 11 is 0. The Bertz CT molecular complexity index is 619. The number of amides is 1. The summed E-state index contributed by atoms with van der Waals surface area (Å²) < 4.78 is 56.1. The Labute approximate surface area is 129 Å². The van der Waals surface area contributed by atoms with Gasteiger partial charge in [0, 0.05) is 13.1 Å². The first-order chi connectivity index (χ1) is 10.7. The van der Waals surface area contributed by atoms with Gasteiger partial charge in [0.25, 0.3) is 5.91 Å². The third-order valence-corrected chi connectivity index (χ3v) is 3.78. The van der Waals surface area contributed by atoms with Crippen molar-refractivity contribution in [2.75, 3.05) is 13.1 Å². The summed E-state index contributed by atoms with van der Waals surface area (Å²) in [5.74, 6) is -12.0. The van der Waals surface area contributed by atoms with Crippen molar-refractivity contribution in [2.45, 2.75) is 30.8 Å². The number of hydrogen-bond acceptors (Lipinski definition) is 3. The lowest BCUT2D eigenvalue weighted by molar-refractivity contribution is -0.252. The molecule has 1 fully saturated rings. The number of alkyl halides is 4. The van der Waals surface area contributed by atoms with E-state index < -0.39 is 29.4 Å². The van der Waals surface area contributed by atoms with Crippen molar-refractivity contribution in [3.8, 4) is 6.07 Å². The van der Waals surface area contributed by atoms with Crippen LogP contribution in [0.15, 0.2) is 24.3 Å². The number of benzene rings is 1. The van der Waals surface area contributed by atoms with Crippen molar-refractivity contribution >= 4 is 5.91 Å². The van der Waals surface area contributed by atoms with Crippen LogP contribution in [0, 0.1) is 11.3 Å². The first kappa shape index (κ1) is 17.2. The summed E-state index contributed by atoms with van der Waals surface area (Å²) in [7, 11) is 0. The molecule has 124 valence electrons. The van der Waals surface area contributed by atoms with Gasteiger partial charge in [0.05, 0.1) is 11.6 Å². The van der Waals surface area contributed by atoms with Crippen molar-refractivity contribution in [1.82, 2.24) is 4.90 Å². The Morgan fingerprint density at radius 3 is 2.17 bits per heavy atom. The number of aliphatic hydroxyl groups is 1. The molecule has 1 heterocycles. The normalized spacial score (nSPS) is 17.0. The second-order valence-corrected chi connectivity index (χ2v) is 5.33. The van der Waals surface area contributed by atoms with Crippen LogP contribution in [-0.4, -0.2) is 40.8 Å². The Morgan fingerprint density at radius 2 is 1.70 bits per heavy atom. The minimum absolute atomic E-state index is 0.00251. The fraction of sp³-hybridized carbons (Fsp3) is 0.467. The number of halogens is 4. The third-order valence-electron chi connectivity index (χ3n) is 3.78. The first-order valence-corrected chi connectivity index (χ1v) is 6.95. The van der Waals surface area contributed by atoms with Crippen molar-refractivity contribution < 1.29 is 27.5 Å². The topological polar surface area (TPSA) is 64.3 Å². The summed E-state index contributed by atoms with van der Waals surface area (Å²) in [5.41, 5.74) is -0.368. The summed E-state index contributed by atoms with van der Waals surface area (Å²) in [6.07, 6.45) is -1.91. The zero-order valence-electron chi connectivity index (χ0n) is 12.0. The van der Waals surface area contributed by atoms with Crippen LogP contribution in [0.25, 0.3) is 0 Å². The van der Waals surface area contributed by atoms with E-state index in [1.165, 1.54) is 0 Å². The highest BCUT2D eigenvalue weighted by atomic mass is 19.3. The zero-order valence-corrected chi connectivity index (χ0v) is 12.0. The highest BCUT2D eigenvalue weighted by Gasteiger charge is 2.67. The van der Waals surface area contributed by atoms with E-state index in [-0.39, 0.29) is 18.7 Å². The molecular weight excluding hydrogens is 316 g/mol. The number of nitrogens with zero attached hydrogens (tertiary/aromatic N) is 2. The fourth-order valence-corrected chi connectivity index (χ4v) is 2.38. The van der Waals surface area contributed by atoms with E-state index in [0.29, 0.717) is 17.7 Å². The van der Waals surface area contributed by atoms with E-state index in [9.17, 15) is 27.5 Å². The average Bonchev–Trinajstić information content (AvgIpc) is 3.07. The molecule has 0 bridgehead atoms. The van der Waals surface area contributed by atoms with Crippen LogP contribution in [0.5, 0.6) is 0 Å². The molecular formula is C15H14F4N2O2. The van der Waals surface area contributed by atoms with Crippen molar-refractivity contribution in [3.05, 3.63) is 35.4 Å². The van der Waals surface area contributed by atoms with E-state index in [4.69, 9.17) is 5.26 Å². The molecule has 0 saturated carbocycles. The highest BCUT2D eigenvalue weighted by molar-refractivity contribution is 5.85. The molecule has 1 aromatic rings. The molecule has 23 heavy (non-hydrogen) atoms. The lowest BCUT2D eigenvalue weighted by atomic mass is 9.97. The SMILES string of the molecule is N#Cc1ccc(C(O)C(F)(F)C(F)(F)C(=O)N2CCCC2)cc1. The molecule has 0 radical (unpaired) electrons. The molecule has 4 nitrogen and oxygen atoms in total. The van der Waals surface area contributed by atoms with E-state index in [1.54, 1.807) is 6.07 Å². The predicted molar refractivity (Wildman–Crippen MR) is 71.8 cm³/mol. The lowest BCUT2D eigenvalue weighted by Crippen LogP contribution is -2.55. The Kier molecular flexibility index (Phi) is 4.61. The summed E-state index contributed by atoms with van der Waals surface area (Å²) in [6.45, 7) is -0.00503. The van der Waals surface area contributed by atoms with E-state index in [2.05, 4.69) is 0 Å². The number of hydrogen-bond donors (Lipinski definition) is 1. The number of nitriles is 1. The quantitative estimate of drug-likeness (QED) is 0.863. The number of aliphatic hydroxyl groups excluding tert-OH is 1. The molecule has 1 unspecified atom stereocenters. The second kappa shape index (κ2) is 6.16. The standard InChI is InChI=1S/C15H14F4N2O2/c16-14(17,12(22)11-5-3-10(9-20)4-6-11)15(18,19)13(23)21-7-1-2-8-21/h3-6,12,22H,1-2,7-8H2. The van der Waals surface area contributed by atoms with Crippen molar-refractivity contribution in [2.24, 2.45) is 0 Å². The Hall–Kier alpha value is -2.14. The summed E-state index contributed by atoms with van der Waals surface area (Å²) in [6, 6.07) is 5.88. The van der Waals surface area contributed by atoms with Gasteiger partial charge < -0.3 is 10.0 Å². The van der Waals surface area contributed by atoms with Gasteiger partial charge in [0.2, 0.25) is 0 Å². The lowest BCUT2D eigenvalue weighted by Gasteiger charge is -2.32. The van der Waals surface area contributed by atoms with Gasteiger partial charge in [0.15, 0.2) is 0 Å². The van der Waals surface area contributed by atoms with Gasteiger partial charge in [0.1, 0.15) is 6.10 Å². The maximum atomic E-state index is 14.1. The number of carbonyl (C=O) groups excluding carboxylic acids is 1. The van der Waals surface area contributed by atoms with Gasteiger partial charge in [-0.25, -0.2) is 0 Å². The van der Waals surface area contributed by atoms with Crippen molar-refractivity contribution in [1.29, 1.82) is 5.26 Å². The minimum atomic E-state index is -5.02. The third kappa shape index (κ3) is 3.01. The number of carbonyl (C=O) groups is 1. The van der Waals surface area contributed by atoms with Crippen LogP contribution in [0.3, 0.4) is 0 Å². The first-order valence-electron chi connectivity index (χ1n) is 6.95. The molecule has 2 rings (SSSR count). The van der Waals surface area contributed by atoms with Crippen LogP contribution in [0.4, 0.5) is 17.6 Å². The average molecular weight is 330 g/mol. The zero-order chi connectivity index (χ0) is 17.3. The maximum absolute atomic E-state index is 14.1. The van der Waals surface area contributed by atoms with Crippen LogP contribution in [0.2, 0.25) is 0 Å². The van der Waals surface area contributed by atoms with Gasteiger partial charge in [-0.1, -0.05) is 12.1 Å². The molecule has 1 aliphatic heterocycles. The van der Waals surface area contributed by atoms with E-state index >= 15 is 0 Å². The predicted octanol–water partition coefficient (Wildman–Crippen LogP) is 2.48. The summed E-state index contributed by atoms with van der Waals surface area (Å²) in [4.78, 5) is 12.4. The monoisotopic (exact) mass is 330 g/mol. The highest BCUT2D eigenvalue weighted by Crippen LogP contribution is 2.45. The van der Waals surface area contributed by atoms with Gasteiger partial charge >= 0.3 is 11.8 Å². The Balaban J connectivity index is 2.26. The summed E-state index contributed by atoms with van der Waals surface area (Å²) in [5, 5.41) is 18.3. The van der Waals surface area contributed by atoms with E-state index in [0.717, 1.165) is 24.3 Å². The van der Waals surface area contributed by atoms with Gasteiger partial charge in [-0.15, -0.1) is 0 Å². The Morgan fingerprint density at radius 1 is 1.17 bits per heavy atom. The molecule has 0 spiro atoms. The molecule has 0 aliphatic carbocycles. The molecule has 1 aromatic carbocycles. The van der Waals surface area contributed by atoms with Gasteiger partial charge in [-0.3, -0.25) is 4.79 Å². The molecule has 1 N–H and O–H groups in total. The van der Waals surface area contributed by atoms with Crippen LogP contribution >= 0.6 is 0 Å². The van der Waals surface area contributed by atoms with Crippen molar-refractivity contribution in [3.63, 3.8) is 0 Å². The molecule has 0 aromatic heterocycles. The van der Waals surface area contributed by atoms with Gasteiger partial charge in [-0.05, 0) is 30.5 Å². The van der Waals surface area contributed by atoms with Gasteiger partial charge in [-0.2, -0.15) is 22.8 Å². The van der Waals surface area contributed by atoms with Crippen LogP contribution in [0.1, 0.15) is 30.1 Å². The smallest absolute Gasteiger partial charge is 0.382 e. The number of likely N-dealkylation sites (tertiary alicyclic amines) is 1. The number of rotatable bonds is 4. The largest absolute Gasteiger partial charge is 0.389 e.